The Morgan fingerprint density at radius 3 is 2.56 bits per heavy atom. The van der Waals surface area contributed by atoms with Gasteiger partial charge in [0.15, 0.2) is 0 Å². The van der Waals surface area contributed by atoms with Crippen LogP contribution in [0, 0.1) is 11.6 Å². The van der Waals surface area contributed by atoms with Crippen LogP contribution in [-0.2, 0) is 6.42 Å². The average molecular weight is 341 g/mol. The molecule has 3 rings (SSSR count). The quantitative estimate of drug-likeness (QED) is 0.697. The Morgan fingerprint density at radius 1 is 1.12 bits per heavy atom. The third kappa shape index (κ3) is 3.74. The first-order chi connectivity index (χ1) is 12.1. The first kappa shape index (κ1) is 16.8. The molecule has 0 radical (unpaired) electrons. The summed E-state index contributed by atoms with van der Waals surface area (Å²) in [6.07, 6.45) is 2.94. The van der Waals surface area contributed by atoms with E-state index in [1.165, 1.54) is 47.3 Å². The Balaban J connectivity index is 2.03. The summed E-state index contributed by atoms with van der Waals surface area (Å²) in [5, 5.41) is 3.05. The van der Waals surface area contributed by atoms with Crippen LogP contribution in [0.25, 0.3) is 5.69 Å². The molecule has 0 spiro atoms. The molecule has 128 valence electrons. The van der Waals surface area contributed by atoms with Crippen molar-refractivity contribution in [3.05, 3.63) is 81.8 Å². The van der Waals surface area contributed by atoms with Gasteiger partial charge in [-0.15, -0.1) is 0 Å². The zero-order chi connectivity index (χ0) is 17.8. The molecule has 1 heterocycles. The van der Waals surface area contributed by atoms with E-state index in [1.807, 2.05) is 6.92 Å². The van der Waals surface area contributed by atoms with Crippen LogP contribution in [0.4, 0.5) is 14.5 Å². The summed E-state index contributed by atoms with van der Waals surface area (Å²) in [5.74, 6) is -0.758. The van der Waals surface area contributed by atoms with Crippen molar-refractivity contribution in [3.8, 4) is 5.69 Å². The fourth-order valence-corrected chi connectivity index (χ4v) is 2.54. The maximum Gasteiger partial charge on any atom is 0.280 e. The number of aromatic nitrogens is 2. The zero-order valence-corrected chi connectivity index (χ0v) is 13.7. The molecule has 4 nitrogen and oxygen atoms in total. The molecule has 0 saturated heterocycles. The molecule has 0 unspecified atom stereocenters. The summed E-state index contributed by atoms with van der Waals surface area (Å²) in [6.45, 7) is 2.00. The van der Waals surface area contributed by atoms with Crippen LogP contribution in [0.15, 0.2) is 58.3 Å². The zero-order valence-electron chi connectivity index (χ0n) is 13.7. The van der Waals surface area contributed by atoms with E-state index in [2.05, 4.69) is 10.1 Å². The normalized spacial score (nSPS) is 11.3. The Kier molecular flexibility index (Phi) is 4.88. The molecule has 1 N–H and O–H groups in total. The lowest BCUT2D eigenvalue weighted by Gasteiger charge is -2.01. The summed E-state index contributed by atoms with van der Waals surface area (Å²) in [7, 11) is 0. The number of halogens is 2. The molecule has 0 bridgehead atoms. The van der Waals surface area contributed by atoms with Crippen molar-refractivity contribution in [3.63, 3.8) is 0 Å². The van der Waals surface area contributed by atoms with E-state index < -0.39 is 0 Å². The van der Waals surface area contributed by atoms with Crippen molar-refractivity contribution in [2.24, 2.45) is 4.99 Å². The van der Waals surface area contributed by atoms with Crippen LogP contribution in [0.2, 0.25) is 0 Å². The fourth-order valence-electron chi connectivity index (χ4n) is 2.54. The molecule has 0 aliphatic carbocycles. The second kappa shape index (κ2) is 7.25. The van der Waals surface area contributed by atoms with Gasteiger partial charge in [0, 0.05) is 11.9 Å². The molecule has 2 aromatic carbocycles. The van der Waals surface area contributed by atoms with Crippen LogP contribution in [-0.4, -0.2) is 16.0 Å². The van der Waals surface area contributed by atoms with Crippen molar-refractivity contribution in [2.45, 2.75) is 19.8 Å². The number of H-pyrrole nitrogens is 1. The predicted octanol–water partition coefficient (Wildman–Crippen LogP) is 4.15. The standard InChI is InChI=1S/C19H17F2N3O/c1-2-4-18-17(12-22-15-6-3-5-14(21)11-15)19(25)24(23-18)16-9-7-13(20)8-10-16/h3,5-12,23H,2,4H2,1H3. The second-order valence-electron chi connectivity index (χ2n) is 5.61. The van der Waals surface area contributed by atoms with Gasteiger partial charge in [0.25, 0.3) is 5.56 Å². The van der Waals surface area contributed by atoms with Crippen LogP contribution < -0.4 is 5.56 Å². The SMILES string of the molecule is CCCc1[nH]n(-c2ccc(F)cc2)c(=O)c1C=Nc1cccc(F)c1. The monoisotopic (exact) mass is 341 g/mol. The van der Waals surface area contributed by atoms with Crippen molar-refractivity contribution in [2.75, 3.05) is 0 Å². The van der Waals surface area contributed by atoms with Gasteiger partial charge in [-0.05, 0) is 48.9 Å². The molecule has 0 fully saturated rings. The Labute approximate surface area is 143 Å². The summed E-state index contributed by atoms with van der Waals surface area (Å²) < 4.78 is 27.7. The minimum absolute atomic E-state index is 0.282. The maximum absolute atomic E-state index is 13.3. The summed E-state index contributed by atoms with van der Waals surface area (Å²) >= 11 is 0. The third-order valence-corrected chi connectivity index (χ3v) is 3.74. The number of aryl methyl sites for hydroxylation is 1. The van der Waals surface area contributed by atoms with Crippen molar-refractivity contribution in [1.82, 2.24) is 9.78 Å². The fraction of sp³-hybridized carbons (Fsp3) is 0.158. The molecular weight excluding hydrogens is 324 g/mol. The van der Waals surface area contributed by atoms with Gasteiger partial charge < -0.3 is 0 Å². The van der Waals surface area contributed by atoms with E-state index in [4.69, 9.17) is 0 Å². The van der Waals surface area contributed by atoms with E-state index in [1.54, 1.807) is 12.1 Å². The smallest absolute Gasteiger partial charge is 0.280 e. The highest BCUT2D eigenvalue weighted by atomic mass is 19.1. The summed E-state index contributed by atoms with van der Waals surface area (Å²) in [5.41, 5.74) is 1.83. The largest absolute Gasteiger partial charge is 0.294 e. The van der Waals surface area contributed by atoms with Crippen molar-refractivity contribution < 1.29 is 8.78 Å². The van der Waals surface area contributed by atoms with Crippen LogP contribution in [0.1, 0.15) is 24.6 Å². The van der Waals surface area contributed by atoms with E-state index in [0.717, 1.165) is 12.1 Å². The molecule has 0 atom stereocenters. The van der Waals surface area contributed by atoms with E-state index in [0.29, 0.717) is 23.4 Å². The molecule has 0 aliphatic heterocycles. The highest BCUT2D eigenvalue weighted by Gasteiger charge is 2.13. The van der Waals surface area contributed by atoms with Gasteiger partial charge in [-0.1, -0.05) is 19.4 Å². The highest BCUT2D eigenvalue weighted by Crippen LogP contribution is 2.14. The van der Waals surface area contributed by atoms with E-state index >= 15 is 0 Å². The molecule has 1 aromatic heterocycles. The Hall–Kier alpha value is -3.02. The topological polar surface area (TPSA) is 50.1 Å². The minimum Gasteiger partial charge on any atom is -0.294 e. The van der Waals surface area contributed by atoms with Gasteiger partial charge in [-0.3, -0.25) is 14.9 Å². The van der Waals surface area contributed by atoms with Crippen LogP contribution in [0.5, 0.6) is 0 Å². The lowest BCUT2D eigenvalue weighted by molar-refractivity contribution is 0.626. The third-order valence-electron chi connectivity index (χ3n) is 3.74. The van der Waals surface area contributed by atoms with Gasteiger partial charge in [0.05, 0.1) is 16.9 Å². The number of aliphatic imine (C=N–C) groups is 1. The molecule has 0 saturated carbocycles. The lowest BCUT2D eigenvalue weighted by Crippen LogP contribution is -2.17. The molecule has 3 aromatic rings. The molecule has 6 heteroatoms. The maximum atomic E-state index is 13.3. The predicted molar refractivity (Wildman–Crippen MR) is 94.0 cm³/mol. The minimum atomic E-state index is -0.388. The summed E-state index contributed by atoms with van der Waals surface area (Å²) in [4.78, 5) is 16.9. The number of nitrogens with zero attached hydrogens (tertiary/aromatic N) is 2. The molecule has 0 amide bonds. The van der Waals surface area contributed by atoms with E-state index in [9.17, 15) is 13.6 Å². The van der Waals surface area contributed by atoms with Gasteiger partial charge in [0.2, 0.25) is 0 Å². The van der Waals surface area contributed by atoms with Crippen LogP contribution in [0.3, 0.4) is 0 Å². The van der Waals surface area contributed by atoms with Crippen molar-refractivity contribution in [1.29, 1.82) is 0 Å². The van der Waals surface area contributed by atoms with E-state index in [-0.39, 0.29) is 17.2 Å². The lowest BCUT2D eigenvalue weighted by atomic mass is 10.2. The Morgan fingerprint density at radius 2 is 1.88 bits per heavy atom. The number of rotatable bonds is 5. The van der Waals surface area contributed by atoms with Gasteiger partial charge in [0.1, 0.15) is 11.6 Å². The molecular formula is C19H17F2N3O. The molecule has 0 aliphatic rings. The average Bonchev–Trinajstić information content (AvgIpc) is 2.90. The second-order valence-corrected chi connectivity index (χ2v) is 5.61. The number of aromatic amines is 1. The van der Waals surface area contributed by atoms with Crippen molar-refractivity contribution >= 4 is 11.9 Å². The number of hydrogen-bond donors (Lipinski definition) is 1. The number of benzene rings is 2. The van der Waals surface area contributed by atoms with Gasteiger partial charge in [-0.2, -0.15) is 0 Å². The molecule has 25 heavy (non-hydrogen) atoms. The van der Waals surface area contributed by atoms with Gasteiger partial charge >= 0.3 is 0 Å². The van der Waals surface area contributed by atoms with Crippen LogP contribution >= 0.6 is 0 Å². The first-order valence-electron chi connectivity index (χ1n) is 7.98. The first-order valence-corrected chi connectivity index (χ1v) is 7.98. The summed E-state index contributed by atoms with van der Waals surface area (Å²) in [6, 6.07) is 11.5. The highest BCUT2D eigenvalue weighted by molar-refractivity contribution is 5.83. The van der Waals surface area contributed by atoms with Gasteiger partial charge in [-0.25, -0.2) is 13.5 Å². The Bertz CT molecular complexity index is 956. The number of nitrogens with one attached hydrogen (secondary N) is 1. The number of hydrogen-bond acceptors (Lipinski definition) is 2.